The van der Waals surface area contributed by atoms with E-state index in [-0.39, 0.29) is 0 Å². The van der Waals surface area contributed by atoms with Gasteiger partial charge in [0.15, 0.2) is 11.4 Å². The van der Waals surface area contributed by atoms with Crippen molar-refractivity contribution in [2.24, 2.45) is 5.73 Å². The summed E-state index contributed by atoms with van der Waals surface area (Å²) in [6.07, 6.45) is 2.46. The van der Waals surface area contributed by atoms with Gasteiger partial charge in [0, 0.05) is 13.5 Å². The predicted octanol–water partition coefficient (Wildman–Crippen LogP) is 0.395. The van der Waals surface area contributed by atoms with Gasteiger partial charge in [-0.15, -0.1) is 0 Å². The number of rotatable bonds is 3. The van der Waals surface area contributed by atoms with Gasteiger partial charge in [-0.25, -0.2) is 4.98 Å². The Kier molecular flexibility index (Phi) is 2.54. The van der Waals surface area contributed by atoms with E-state index in [1.807, 2.05) is 0 Å². The van der Waals surface area contributed by atoms with Crippen LogP contribution in [0.15, 0.2) is 10.6 Å². The van der Waals surface area contributed by atoms with Gasteiger partial charge in [0.05, 0.1) is 26.0 Å². The molecule has 0 spiro atoms. The van der Waals surface area contributed by atoms with E-state index in [9.17, 15) is 0 Å². The lowest BCUT2D eigenvalue weighted by molar-refractivity contribution is -0.0375. The Bertz CT molecular complexity index is 305. The summed E-state index contributed by atoms with van der Waals surface area (Å²) in [5.74, 6) is 1.24. The topological polar surface area (TPSA) is 70.5 Å². The van der Waals surface area contributed by atoms with Crippen molar-refractivity contribution in [3.8, 4) is 0 Å². The molecule has 0 aromatic carbocycles. The summed E-state index contributed by atoms with van der Waals surface area (Å²) in [6, 6.07) is 0. The van der Waals surface area contributed by atoms with E-state index in [0.717, 1.165) is 6.42 Å². The third-order valence-electron chi connectivity index (χ3n) is 2.55. The van der Waals surface area contributed by atoms with Crippen LogP contribution in [0.5, 0.6) is 0 Å². The molecule has 14 heavy (non-hydrogen) atoms. The van der Waals surface area contributed by atoms with Gasteiger partial charge in [0.25, 0.3) is 0 Å². The Morgan fingerprint density at radius 1 is 1.71 bits per heavy atom. The molecule has 0 radical (unpaired) electrons. The fraction of sp³-hybridized carbons (Fsp3) is 0.667. The first-order chi connectivity index (χ1) is 6.80. The van der Waals surface area contributed by atoms with E-state index < -0.39 is 5.60 Å². The van der Waals surface area contributed by atoms with Crippen LogP contribution in [0.2, 0.25) is 0 Å². The molecule has 5 heteroatoms. The average Bonchev–Trinajstić information content (AvgIpc) is 2.87. The van der Waals surface area contributed by atoms with E-state index in [1.54, 1.807) is 13.3 Å². The number of hydrogen-bond acceptors (Lipinski definition) is 5. The van der Waals surface area contributed by atoms with E-state index >= 15 is 0 Å². The van der Waals surface area contributed by atoms with Crippen LogP contribution in [0.4, 0.5) is 0 Å². The minimum atomic E-state index is -0.458. The predicted molar refractivity (Wildman–Crippen MR) is 48.5 cm³/mol. The highest BCUT2D eigenvalue weighted by Gasteiger charge is 2.40. The van der Waals surface area contributed by atoms with Crippen LogP contribution in [-0.4, -0.2) is 25.3 Å². The van der Waals surface area contributed by atoms with Gasteiger partial charge < -0.3 is 19.6 Å². The van der Waals surface area contributed by atoms with Crippen molar-refractivity contribution in [3.63, 3.8) is 0 Å². The number of aromatic nitrogens is 1. The molecule has 0 saturated carbocycles. The smallest absolute Gasteiger partial charge is 0.208 e. The number of hydrogen-bond donors (Lipinski definition) is 1. The van der Waals surface area contributed by atoms with E-state index in [2.05, 4.69) is 4.98 Å². The Hall–Kier alpha value is -0.910. The maximum absolute atomic E-state index is 5.47. The van der Waals surface area contributed by atoms with E-state index in [4.69, 9.17) is 19.6 Å². The van der Waals surface area contributed by atoms with Crippen LogP contribution >= 0.6 is 0 Å². The van der Waals surface area contributed by atoms with Crippen molar-refractivity contribution in [2.75, 3.05) is 20.3 Å². The van der Waals surface area contributed by atoms with Gasteiger partial charge in [-0.1, -0.05) is 0 Å². The number of nitrogens with zero attached hydrogens (tertiary/aromatic N) is 1. The summed E-state index contributed by atoms with van der Waals surface area (Å²) < 4.78 is 16.2. The normalized spacial score (nSPS) is 27.0. The molecule has 1 aliphatic heterocycles. The lowest BCUT2D eigenvalue weighted by Gasteiger charge is -2.22. The van der Waals surface area contributed by atoms with Gasteiger partial charge in [-0.2, -0.15) is 0 Å². The Balaban J connectivity index is 2.26. The minimum absolute atomic E-state index is 0.306. The molecule has 0 aliphatic carbocycles. The zero-order valence-corrected chi connectivity index (χ0v) is 8.16. The second-order valence-electron chi connectivity index (χ2n) is 3.32. The summed E-state index contributed by atoms with van der Waals surface area (Å²) in [7, 11) is 1.65. The van der Waals surface area contributed by atoms with Crippen molar-refractivity contribution in [1.82, 2.24) is 4.98 Å². The Morgan fingerprint density at radius 3 is 3.07 bits per heavy atom. The van der Waals surface area contributed by atoms with Crippen molar-refractivity contribution < 1.29 is 13.9 Å². The van der Waals surface area contributed by atoms with Crippen molar-refractivity contribution in [2.45, 2.75) is 18.6 Å². The highest BCUT2D eigenvalue weighted by molar-refractivity contribution is 5.09. The van der Waals surface area contributed by atoms with Gasteiger partial charge in [0.2, 0.25) is 5.89 Å². The summed E-state index contributed by atoms with van der Waals surface area (Å²) in [5.41, 5.74) is 4.96. The molecule has 0 amide bonds. The van der Waals surface area contributed by atoms with Crippen LogP contribution in [0, 0.1) is 0 Å². The number of oxazole rings is 1. The molecule has 2 heterocycles. The molecule has 1 saturated heterocycles. The first-order valence-electron chi connectivity index (χ1n) is 4.59. The standard InChI is InChI=1S/C9H14N2O3/c1-12-9(2-3-13-6-9)7-5-11-8(4-10)14-7/h5H,2-4,6,10H2,1H3. The monoisotopic (exact) mass is 198 g/mol. The molecule has 1 atom stereocenters. The Labute approximate surface area is 82.2 Å². The molecule has 78 valence electrons. The fourth-order valence-electron chi connectivity index (χ4n) is 1.62. The number of methoxy groups -OCH3 is 1. The first-order valence-corrected chi connectivity index (χ1v) is 4.59. The van der Waals surface area contributed by atoms with Crippen LogP contribution in [0.25, 0.3) is 0 Å². The molecule has 2 rings (SSSR count). The fourth-order valence-corrected chi connectivity index (χ4v) is 1.62. The summed E-state index contributed by atoms with van der Waals surface area (Å²) in [6.45, 7) is 1.51. The molecular weight excluding hydrogens is 184 g/mol. The second kappa shape index (κ2) is 3.68. The molecular formula is C9H14N2O3. The minimum Gasteiger partial charge on any atom is -0.441 e. The molecule has 1 unspecified atom stereocenters. The quantitative estimate of drug-likeness (QED) is 0.761. The van der Waals surface area contributed by atoms with Crippen LogP contribution in [-0.2, 0) is 21.6 Å². The summed E-state index contributed by atoms with van der Waals surface area (Å²) in [4.78, 5) is 4.05. The summed E-state index contributed by atoms with van der Waals surface area (Å²) in [5, 5.41) is 0. The highest BCUT2D eigenvalue weighted by Crippen LogP contribution is 2.34. The Morgan fingerprint density at radius 2 is 2.57 bits per heavy atom. The molecule has 0 bridgehead atoms. The van der Waals surface area contributed by atoms with Crippen molar-refractivity contribution >= 4 is 0 Å². The second-order valence-corrected chi connectivity index (χ2v) is 3.32. The van der Waals surface area contributed by atoms with Gasteiger partial charge in [-0.3, -0.25) is 0 Å². The zero-order chi connectivity index (χ0) is 10.0. The maximum Gasteiger partial charge on any atom is 0.208 e. The number of ether oxygens (including phenoxy) is 2. The lowest BCUT2D eigenvalue weighted by atomic mass is 10.0. The van der Waals surface area contributed by atoms with E-state index in [1.165, 1.54) is 0 Å². The molecule has 1 aliphatic rings. The van der Waals surface area contributed by atoms with Crippen LogP contribution in [0.3, 0.4) is 0 Å². The molecule has 1 fully saturated rings. The van der Waals surface area contributed by atoms with Crippen molar-refractivity contribution in [3.05, 3.63) is 17.8 Å². The zero-order valence-electron chi connectivity index (χ0n) is 8.16. The molecule has 5 nitrogen and oxygen atoms in total. The third kappa shape index (κ3) is 1.43. The van der Waals surface area contributed by atoms with Gasteiger partial charge in [-0.05, 0) is 0 Å². The molecule has 1 aromatic heterocycles. The van der Waals surface area contributed by atoms with Gasteiger partial charge in [0.1, 0.15) is 0 Å². The lowest BCUT2D eigenvalue weighted by Crippen LogP contribution is -2.28. The van der Waals surface area contributed by atoms with Crippen LogP contribution < -0.4 is 5.73 Å². The average molecular weight is 198 g/mol. The maximum atomic E-state index is 5.47. The van der Waals surface area contributed by atoms with Gasteiger partial charge >= 0.3 is 0 Å². The SMILES string of the molecule is COC1(c2cnc(CN)o2)CCOC1. The largest absolute Gasteiger partial charge is 0.441 e. The third-order valence-corrected chi connectivity index (χ3v) is 2.55. The summed E-state index contributed by atoms with van der Waals surface area (Å²) >= 11 is 0. The molecule has 1 aromatic rings. The molecule has 2 N–H and O–H groups in total. The van der Waals surface area contributed by atoms with Crippen molar-refractivity contribution in [1.29, 1.82) is 0 Å². The van der Waals surface area contributed by atoms with Crippen LogP contribution in [0.1, 0.15) is 18.1 Å². The first kappa shape index (κ1) is 9.64. The van der Waals surface area contributed by atoms with E-state index in [0.29, 0.717) is 31.4 Å². The highest BCUT2D eigenvalue weighted by atomic mass is 16.6. The number of nitrogens with two attached hydrogens (primary N) is 1.